The molecule has 0 aliphatic carbocycles. The van der Waals surface area contributed by atoms with Crippen LogP contribution in [0.1, 0.15) is 20.7 Å². The standard InChI is InChI=1S/C14H10N4O7/c15-16(13(20)8-1-3-12(19)4-2-8)14(21)9-5-10(17(22)23)7-11(6-9)18(24)25/h1-7,19H,15H2. The smallest absolute Gasteiger partial charge is 0.277 e. The summed E-state index contributed by atoms with van der Waals surface area (Å²) in [4.78, 5) is 44.3. The van der Waals surface area contributed by atoms with E-state index in [2.05, 4.69) is 0 Å². The Morgan fingerprint density at radius 2 is 1.32 bits per heavy atom. The third-order valence-electron chi connectivity index (χ3n) is 3.12. The van der Waals surface area contributed by atoms with Crippen LogP contribution < -0.4 is 5.84 Å². The maximum atomic E-state index is 12.3. The molecular formula is C14H10N4O7. The quantitative estimate of drug-likeness (QED) is 0.275. The van der Waals surface area contributed by atoms with Crippen LogP contribution in [0.15, 0.2) is 42.5 Å². The molecule has 0 spiro atoms. The van der Waals surface area contributed by atoms with E-state index in [0.29, 0.717) is 6.07 Å². The highest BCUT2D eigenvalue weighted by molar-refractivity contribution is 6.10. The topological polar surface area (TPSA) is 170 Å². The van der Waals surface area contributed by atoms with Crippen LogP contribution in [-0.4, -0.2) is 31.8 Å². The van der Waals surface area contributed by atoms with E-state index >= 15 is 0 Å². The van der Waals surface area contributed by atoms with Crippen LogP contribution in [0.2, 0.25) is 0 Å². The van der Waals surface area contributed by atoms with E-state index in [1.165, 1.54) is 24.3 Å². The molecule has 128 valence electrons. The number of carbonyl (C=O) groups excluding carboxylic acids is 2. The van der Waals surface area contributed by atoms with Gasteiger partial charge in [-0.1, -0.05) is 0 Å². The predicted octanol–water partition coefficient (Wildman–Crippen LogP) is 1.36. The molecule has 2 aromatic carbocycles. The van der Waals surface area contributed by atoms with Crippen molar-refractivity contribution in [3.8, 4) is 5.75 Å². The molecule has 11 nitrogen and oxygen atoms in total. The number of benzene rings is 2. The second kappa shape index (κ2) is 6.72. The summed E-state index contributed by atoms with van der Waals surface area (Å²) in [5, 5.41) is 31.0. The number of rotatable bonds is 4. The van der Waals surface area contributed by atoms with Crippen LogP contribution in [-0.2, 0) is 0 Å². The average Bonchev–Trinajstić information content (AvgIpc) is 2.59. The number of hydrogen-bond donors (Lipinski definition) is 2. The Bertz CT molecular complexity index is 847. The summed E-state index contributed by atoms with van der Waals surface area (Å²) in [5.74, 6) is 3.22. The zero-order valence-corrected chi connectivity index (χ0v) is 12.4. The van der Waals surface area contributed by atoms with Gasteiger partial charge in [0.25, 0.3) is 23.2 Å². The third-order valence-corrected chi connectivity index (χ3v) is 3.12. The molecule has 0 radical (unpaired) electrons. The summed E-state index contributed by atoms with van der Waals surface area (Å²) in [7, 11) is 0. The van der Waals surface area contributed by atoms with Gasteiger partial charge in [-0.2, -0.15) is 0 Å². The van der Waals surface area contributed by atoms with E-state index in [1.54, 1.807) is 0 Å². The predicted molar refractivity (Wildman–Crippen MR) is 82.5 cm³/mol. The maximum absolute atomic E-state index is 12.3. The number of hydrazine groups is 1. The van der Waals surface area contributed by atoms with Crippen molar-refractivity contribution in [2.24, 2.45) is 5.84 Å². The van der Waals surface area contributed by atoms with Crippen LogP contribution in [0.3, 0.4) is 0 Å². The van der Waals surface area contributed by atoms with E-state index in [-0.39, 0.29) is 16.3 Å². The fourth-order valence-electron chi connectivity index (χ4n) is 1.90. The second-order valence-corrected chi connectivity index (χ2v) is 4.78. The monoisotopic (exact) mass is 346 g/mol. The maximum Gasteiger partial charge on any atom is 0.277 e. The highest BCUT2D eigenvalue weighted by atomic mass is 16.6. The van der Waals surface area contributed by atoms with Crippen molar-refractivity contribution in [1.82, 2.24) is 5.01 Å². The van der Waals surface area contributed by atoms with Crippen molar-refractivity contribution >= 4 is 23.2 Å². The molecule has 0 aliphatic rings. The lowest BCUT2D eigenvalue weighted by Crippen LogP contribution is -2.42. The molecule has 2 aromatic rings. The number of phenols is 1. The highest BCUT2D eigenvalue weighted by Gasteiger charge is 2.25. The Hall–Kier alpha value is -3.86. The van der Waals surface area contributed by atoms with E-state index in [0.717, 1.165) is 12.1 Å². The average molecular weight is 346 g/mol. The van der Waals surface area contributed by atoms with Crippen molar-refractivity contribution in [2.75, 3.05) is 0 Å². The van der Waals surface area contributed by atoms with Crippen LogP contribution in [0, 0.1) is 20.2 Å². The zero-order chi connectivity index (χ0) is 18.7. The first-order valence-electron chi connectivity index (χ1n) is 6.57. The van der Waals surface area contributed by atoms with Crippen molar-refractivity contribution in [2.45, 2.75) is 0 Å². The third kappa shape index (κ3) is 3.73. The van der Waals surface area contributed by atoms with Crippen molar-refractivity contribution in [1.29, 1.82) is 0 Å². The van der Waals surface area contributed by atoms with Gasteiger partial charge in [0.15, 0.2) is 0 Å². The normalized spacial score (nSPS) is 10.1. The number of carbonyl (C=O) groups is 2. The van der Waals surface area contributed by atoms with Crippen molar-refractivity contribution < 1.29 is 24.5 Å². The van der Waals surface area contributed by atoms with Gasteiger partial charge < -0.3 is 5.11 Å². The molecule has 0 bridgehead atoms. The first-order chi connectivity index (χ1) is 11.7. The number of phenolic OH excluding ortho intramolecular Hbond substituents is 1. The number of nitro benzene ring substituents is 2. The number of hydrogen-bond acceptors (Lipinski definition) is 8. The summed E-state index contributed by atoms with van der Waals surface area (Å²) in [6, 6.07) is 7.05. The first kappa shape index (κ1) is 17.5. The molecule has 0 fully saturated rings. The van der Waals surface area contributed by atoms with Gasteiger partial charge in [0.2, 0.25) is 0 Å². The fourth-order valence-corrected chi connectivity index (χ4v) is 1.90. The van der Waals surface area contributed by atoms with Crippen molar-refractivity contribution in [3.63, 3.8) is 0 Å². The van der Waals surface area contributed by atoms with Gasteiger partial charge in [-0.25, -0.2) is 10.9 Å². The van der Waals surface area contributed by atoms with E-state index < -0.39 is 38.6 Å². The molecule has 0 aliphatic heterocycles. The van der Waals surface area contributed by atoms with Gasteiger partial charge in [0.05, 0.1) is 21.5 Å². The fraction of sp³-hybridized carbons (Fsp3) is 0. The van der Waals surface area contributed by atoms with Crippen molar-refractivity contribution in [3.05, 3.63) is 73.8 Å². The van der Waals surface area contributed by atoms with Gasteiger partial charge in [-0.3, -0.25) is 29.8 Å². The van der Waals surface area contributed by atoms with E-state index in [1.807, 2.05) is 0 Å². The van der Waals surface area contributed by atoms with Crippen LogP contribution in [0.5, 0.6) is 5.75 Å². The van der Waals surface area contributed by atoms with Gasteiger partial charge in [-0.05, 0) is 24.3 Å². The first-order valence-corrected chi connectivity index (χ1v) is 6.57. The molecule has 3 N–H and O–H groups in total. The van der Waals surface area contributed by atoms with Crippen LogP contribution in [0.25, 0.3) is 0 Å². The largest absolute Gasteiger partial charge is 0.508 e. The Morgan fingerprint density at radius 3 is 1.76 bits per heavy atom. The number of nitrogens with two attached hydrogens (primary N) is 1. The van der Waals surface area contributed by atoms with Gasteiger partial charge in [0, 0.05) is 17.7 Å². The Morgan fingerprint density at radius 1 is 0.880 bits per heavy atom. The molecule has 0 heterocycles. The number of aromatic hydroxyl groups is 1. The molecule has 2 amide bonds. The van der Waals surface area contributed by atoms with Gasteiger partial charge >= 0.3 is 0 Å². The molecule has 0 saturated heterocycles. The summed E-state index contributed by atoms with van der Waals surface area (Å²) in [6.45, 7) is 0. The minimum Gasteiger partial charge on any atom is -0.508 e. The Kier molecular flexibility index (Phi) is 4.70. The number of non-ortho nitro benzene ring substituents is 2. The molecule has 0 atom stereocenters. The highest BCUT2D eigenvalue weighted by Crippen LogP contribution is 2.23. The van der Waals surface area contributed by atoms with Gasteiger partial charge in [-0.15, -0.1) is 0 Å². The number of nitrogens with zero attached hydrogens (tertiary/aromatic N) is 3. The van der Waals surface area contributed by atoms with Crippen LogP contribution >= 0.6 is 0 Å². The van der Waals surface area contributed by atoms with E-state index in [4.69, 9.17) is 5.84 Å². The molecule has 2 rings (SSSR count). The number of imide groups is 1. The number of nitro groups is 2. The molecule has 0 unspecified atom stereocenters. The van der Waals surface area contributed by atoms with Crippen LogP contribution in [0.4, 0.5) is 11.4 Å². The summed E-state index contributed by atoms with van der Waals surface area (Å²) in [5.41, 5.74) is -1.91. The molecular weight excluding hydrogens is 336 g/mol. The lowest BCUT2D eigenvalue weighted by Gasteiger charge is -2.14. The summed E-state index contributed by atoms with van der Waals surface area (Å²) in [6.07, 6.45) is 0. The summed E-state index contributed by atoms with van der Waals surface area (Å²) >= 11 is 0. The molecule has 0 saturated carbocycles. The lowest BCUT2D eigenvalue weighted by molar-refractivity contribution is -0.394. The Labute approximate surface area is 139 Å². The van der Waals surface area contributed by atoms with Gasteiger partial charge in [0.1, 0.15) is 5.75 Å². The lowest BCUT2D eigenvalue weighted by atomic mass is 10.1. The molecule has 25 heavy (non-hydrogen) atoms. The minimum atomic E-state index is -1.16. The summed E-state index contributed by atoms with van der Waals surface area (Å²) < 4.78 is 0. The SMILES string of the molecule is NN(C(=O)c1ccc(O)cc1)C(=O)c1cc([N+](=O)[O-])cc([N+](=O)[O-])c1. The molecule has 0 aromatic heterocycles. The second-order valence-electron chi connectivity index (χ2n) is 4.78. The van der Waals surface area contributed by atoms with E-state index in [9.17, 15) is 34.9 Å². The Balaban J connectivity index is 2.38. The zero-order valence-electron chi connectivity index (χ0n) is 12.4. The minimum absolute atomic E-state index is 0.0337. The number of amides is 2. The molecule has 11 heteroatoms.